The van der Waals surface area contributed by atoms with Crippen molar-refractivity contribution in [3.8, 4) is 0 Å². The molecular formula is C9H10BrF2O2P. The smallest absolute Gasteiger partial charge is 0.326 e. The second-order valence-corrected chi connectivity index (χ2v) is 5.12. The van der Waals surface area contributed by atoms with Crippen LogP contribution in [0.4, 0.5) is 8.78 Å². The van der Waals surface area contributed by atoms with Crippen molar-refractivity contribution in [2.75, 3.05) is 6.61 Å². The van der Waals surface area contributed by atoms with Crippen LogP contribution in [0.15, 0.2) is 28.7 Å². The van der Waals surface area contributed by atoms with Crippen molar-refractivity contribution in [1.29, 1.82) is 0 Å². The Balaban J connectivity index is 3.05. The zero-order valence-electron chi connectivity index (χ0n) is 7.97. The highest BCUT2D eigenvalue weighted by Crippen LogP contribution is 2.52. The van der Waals surface area contributed by atoms with Crippen molar-refractivity contribution in [3.05, 3.63) is 34.3 Å². The molecule has 2 nitrogen and oxygen atoms in total. The second-order valence-electron chi connectivity index (χ2n) is 2.77. The Morgan fingerprint density at radius 2 is 2.07 bits per heavy atom. The maximum atomic E-state index is 13.6. The molecule has 6 heteroatoms. The van der Waals surface area contributed by atoms with Crippen LogP contribution in [0.1, 0.15) is 12.5 Å². The fourth-order valence-electron chi connectivity index (χ4n) is 1.05. The maximum Gasteiger partial charge on any atom is 0.345 e. The molecular weight excluding hydrogens is 289 g/mol. The van der Waals surface area contributed by atoms with Gasteiger partial charge >= 0.3 is 5.66 Å². The zero-order chi connectivity index (χ0) is 11.5. The van der Waals surface area contributed by atoms with E-state index in [0.29, 0.717) is 0 Å². The summed E-state index contributed by atoms with van der Waals surface area (Å²) in [5.41, 5.74) is -3.73. The average molecular weight is 299 g/mol. The molecule has 1 unspecified atom stereocenters. The van der Waals surface area contributed by atoms with Crippen molar-refractivity contribution in [2.45, 2.75) is 12.6 Å². The van der Waals surface area contributed by atoms with Crippen molar-refractivity contribution in [2.24, 2.45) is 0 Å². The van der Waals surface area contributed by atoms with Gasteiger partial charge in [0, 0.05) is 10.0 Å². The molecule has 0 saturated heterocycles. The molecule has 0 aliphatic heterocycles. The number of hydrogen-bond acceptors (Lipinski definition) is 2. The van der Waals surface area contributed by atoms with Gasteiger partial charge in [-0.15, -0.1) is 0 Å². The van der Waals surface area contributed by atoms with Gasteiger partial charge in [-0.2, -0.15) is 8.78 Å². The van der Waals surface area contributed by atoms with Gasteiger partial charge in [0.25, 0.3) is 8.03 Å². The number of benzene rings is 1. The van der Waals surface area contributed by atoms with E-state index in [4.69, 9.17) is 0 Å². The molecule has 0 heterocycles. The van der Waals surface area contributed by atoms with Crippen molar-refractivity contribution < 1.29 is 17.9 Å². The maximum absolute atomic E-state index is 13.6. The van der Waals surface area contributed by atoms with Gasteiger partial charge in [0.05, 0.1) is 6.61 Å². The van der Waals surface area contributed by atoms with Crippen LogP contribution in [0.5, 0.6) is 0 Å². The largest absolute Gasteiger partial charge is 0.345 e. The molecule has 15 heavy (non-hydrogen) atoms. The molecule has 0 radical (unpaired) electrons. The first kappa shape index (κ1) is 12.8. The summed E-state index contributed by atoms with van der Waals surface area (Å²) >= 11 is 2.99. The third-order valence-electron chi connectivity index (χ3n) is 1.74. The number of hydrogen-bond donors (Lipinski definition) is 0. The molecule has 0 aliphatic rings. The van der Waals surface area contributed by atoms with Gasteiger partial charge in [0.15, 0.2) is 0 Å². The molecule has 0 aromatic heterocycles. The van der Waals surface area contributed by atoms with Gasteiger partial charge in [-0.1, -0.05) is 34.1 Å². The van der Waals surface area contributed by atoms with Crippen molar-refractivity contribution >= 4 is 24.0 Å². The van der Waals surface area contributed by atoms with E-state index in [1.165, 1.54) is 25.1 Å². The van der Waals surface area contributed by atoms with Gasteiger partial charge < -0.3 is 4.52 Å². The van der Waals surface area contributed by atoms with Gasteiger partial charge in [-0.05, 0) is 13.0 Å². The fraction of sp³-hybridized carbons (Fsp3) is 0.333. The first-order valence-corrected chi connectivity index (χ1v) is 6.41. The topological polar surface area (TPSA) is 26.3 Å². The van der Waals surface area contributed by atoms with E-state index in [9.17, 15) is 13.3 Å². The molecule has 0 spiro atoms. The lowest BCUT2D eigenvalue weighted by Crippen LogP contribution is -2.09. The van der Waals surface area contributed by atoms with Crippen LogP contribution in [-0.2, 0) is 14.8 Å². The zero-order valence-corrected chi connectivity index (χ0v) is 10.6. The Morgan fingerprint density at radius 1 is 1.47 bits per heavy atom. The summed E-state index contributed by atoms with van der Waals surface area (Å²) in [4.78, 5) is 0. The molecule has 1 aromatic rings. The minimum absolute atomic E-state index is 0.0117. The standard InChI is InChI=1S/C9H10BrF2O2P/c1-2-14-15(13)9(11,12)7-5-3-4-6-8(7)10/h3-6,15H,2H2,1H3. The van der Waals surface area contributed by atoms with E-state index >= 15 is 0 Å². The third kappa shape index (κ3) is 2.86. The summed E-state index contributed by atoms with van der Waals surface area (Å²) in [6.45, 7) is 1.54. The van der Waals surface area contributed by atoms with Crippen LogP contribution in [0.2, 0.25) is 0 Å². The fourth-order valence-corrected chi connectivity index (χ4v) is 2.65. The Labute approximate surface area is 95.6 Å². The third-order valence-corrected chi connectivity index (χ3v) is 3.77. The lowest BCUT2D eigenvalue weighted by atomic mass is 10.2. The average Bonchev–Trinajstić information content (AvgIpc) is 2.18. The van der Waals surface area contributed by atoms with Crippen molar-refractivity contribution in [1.82, 2.24) is 0 Å². The van der Waals surface area contributed by atoms with Crippen LogP contribution < -0.4 is 0 Å². The molecule has 1 rings (SSSR count). The van der Waals surface area contributed by atoms with Gasteiger partial charge in [0.2, 0.25) is 0 Å². The van der Waals surface area contributed by atoms with E-state index in [1.807, 2.05) is 0 Å². The molecule has 0 saturated carbocycles. The van der Waals surface area contributed by atoms with E-state index in [2.05, 4.69) is 20.5 Å². The Morgan fingerprint density at radius 3 is 2.60 bits per heavy atom. The summed E-state index contributed by atoms with van der Waals surface area (Å²) in [5.74, 6) is 0. The molecule has 0 fully saturated rings. The van der Waals surface area contributed by atoms with Gasteiger partial charge in [-0.25, -0.2) is 0 Å². The number of rotatable bonds is 4. The molecule has 0 bridgehead atoms. The normalized spacial score (nSPS) is 13.9. The molecule has 0 amide bonds. The highest BCUT2D eigenvalue weighted by Gasteiger charge is 2.41. The molecule has 0 N–H and O–H groups in total. The summed E-state index contributed by atoms with van der Waals surface area (Å²) in [7, 11) is -3.40. The Kier molecular flexibility index (Phi) is 4.44. The van der Waals surface area contributed by atoms with Gasteiger partial charge in [-0.3, -0.25) is 4.57 Å². The van der Waals surface area contributed by atoms with E-state index < -0.39 is 13.7 Å². The van der Waals surface area contributed by atoms with E-state index in [-0.39, 0.29) is 16.6 Å². The first-order chi connectivity index (χ1) is 7.00. The quantitative estimate of drug-likeness (QED) is 0.785. The minimum Gasteiger partial charge on any atom is -0.326 e. The summed E-state index contributed by atoms with van der Waals surface area (Å²) in [5, 5.41) is 0. The molecule has 1 atom stereocenters. The number of alkyl halides is 2. The Hall–Kier alpha value is -0.250. The monoisotopic (exact) mass is 298 g/mol. The van der Waals surface area contributed by atoms with Crippen LogP contribution >= 0.6 is 24.0 Å². The molecule has 1 aromatic carbocycles. The predicted octanol–water partition coefficient (Wildman–Crippen LogP) is 4.01. The number of halogens is 3. The lowest BCUT2D eigenvalue weighted by molar-refractivity contribution is 0.0742. The molecule has 0 aliphatic carbocycles. The van der Waals surface area contributed by atoms with Crippen molar-refractivity contribution in [3.63, 3.8) is 0 Å². The lowest BCUT2D eigenvalue weighted by Gasteiger charge is -2.17. The molecule has 84 valence electrons. The highest BCUT2D eigenvalue weighted by atomic mass is 79.9. The van der Waals surface area contributed by atoms with E-state index in [1.54, 1.807) is 6.07 Å². The summed E-state index contributed by atoms with van der Waals surface area (Å²) in [6.07, 6.45) is 0. The summed E-state index contributed by atoms with van der Waals surface area (Å²) in [6, 6.07) is 5.78. The van der Waals surface area contributed by atoms with Crippen LogP contribution in [0.3, 0.4) is 0 Å². The van der Waals surface area contributed by atoms with Crippen LogP contribution in [0, 0.1) is 0 Å². The van der Waals surface area contributed by atoms with Crippen LogP contribution in [0.25, 0.3) is 0 Å². The minimum atomic E-state index is -3.43. The first-order valence-electron chi connectivity index (χ1n) is 4.30. The summed E-state index contributed by atoms with van der Waals surface area (Å²) < 4.78 is 43.1. The van der Waals surface area contributed by atoms with E-state index in [0.717, 1.165) is 0 Å². The highest BCUT2D eigenvalue weighted by molar-refractivity contribution is 9.10. The second kappa shape index (κ2) is 5.19. The van der Waals surface area contributed by atoms with Gasteiger partial charge in [0.1, 0.15) is 0 Å². The SMILES string of the molecule is CCO[PH](=O)C(F)(F)c1ccccc1Br. The van der Waals surface area contributed by atoms with Crippen LogP contribution in [-0.4, -0.2) is 6.61 Å². The Bertz CT molecular complexity index is 371. The predicted molar refractivity (Wildman–Crippen MR) is 58.7 cm³/mol.